The summed E-state index contributed by atoms with van der Waals surface area (Å²) < 4.78 is 7.45. The van der Waals surface area contributed by atoms with Crippen molar-refractivity contribution in [3.63, 3.8) is 0 Å². The molecule has 2 heterocycles. The van der Waals surface area contributed by atoms with E-state index < -0.39 is 5.60 Å². The summed E-state index contributed by atoms with van der Waals surface area (Å²) in [6, 6.07) is 1.81. The number of carbonyl (C=O) groups excluding carboxylic acids is 1. The molecule has 1 atom stereocenters. The first kappa shape index (κ1) is 15.0. The second-order valence-electron chi connectivity index (χ2n) is 5.85. The van der Waals surface area contributed by atoms with Gasteiger partial charge in [0.2, 0.25) is 0 Å². The molecule has 0 aromatic carbocycles. The summed E-state index contributed by atoms with van der Waals surface area (Å²) in [5.74, 6) is -0.0534. The lowest BCUT2D eigenvalue weighted by atomic mass is 10.0. The second-order valence-corrected chi connectivity index (χ2v) is 5.85. The minimum atomic E-state index is -0.451. The number of aromatic nitrogens is 2. The molecular weight excluding hydrogens is 258 g/mol. The molecule has 0 bridgehead atoms. The van der Waals surface area contributed by atoms with E-state index >= 15 is 0 Å². The highest BCUT2D eigenvalue weighted by molar-refractivity contribution is 5.92. The van der Waals surface area contributed by atoms with Crippen molar-refractivity contribution in [3.05, 3.63) is 17.5 Å². The Bertz CT molecular complexity index is 496. The van der Waals surface area contributed by atoms with E-state index in [1.165, 1.54) is 0 Å². The fourth-order valence-electron chi connectivity index (χ4n) is 2.67. The van der Waals surface area contributed by atoms with Crippen LogP contribution < -0.4 is 0 Å². The number of hydrogen-bond donors (Lipinski definition) is 1. The number of aliphatic hydroxyl groups excluding tert-OH is 1. The van der Waals surface area contributed by atoms with Crippen LogP contribution in [-0.2, 0) is 11.3 Å². The summed E-state index contributed by atoms with van der Waals surface area (Å²) >= 11 is 0. The molecule has 1 saturated heterocycles. The number of morpholine rings is 1. The van der Waals surface area contributed by atoms with Crippen LogP contribution in [0.3, 0.4) is 0 Å². The zero-order valence-electron chi connectivity index (χ0n) is 12.6. The summed E-state index contributed by atoms with van der Waals surface area (Å²) in [7, 11) is 0. The highest BCUT2D eigenvalue weighted by atomic mass is 16.5. The highest BCUT2D eigenvalue weighted by Crippen LogP contribution is 2.22. The third kappa shape index (κ3) is 3.02. The Balaban J connectivity index is 2.23. The molecule has 2 rings (SSSR count). The fraction of sp³-hybridized carbons (Fsp3) is 0.714. The number of aryl methyl sites for hydroxylation is 2. The predicted molar refractivity (Wildman–Crippen MR) is 74.6 cm³/mol. The van der Waals surface area contributed by atoms with Gasteiger partial charge in [-0.3, -0.25) is 9.48 Å². The molecule has 1 aliphatic rings. The molecule has 6 heteroatoms. The Morgan fingerprint density at radius 1 is 1.60 bits per heavy atom. The van der Waals surface area contributed by atoms with Crippen LogP contribution in [0.5, 0.6) is 0 Å². The van der Waals surface area contributed by atoms with E-state index in [0.717, 1.165) is 5.69 Å². The van der Waals surface area contributed by atoms with Crippen molar-refractivity contribution >= 4 is 5.91 Å². The molecule has 112 valence electrons. The maximum absolute atomic E-state index is 12.7. The van der Waals surface area contributed by atoms with Gasteiger partial charge >= 0.3 is 0 Å². The quantitative estimate of drug-likeness (QED) is 0.891. The van der Waals surface area contributed by atoms with Crippen LogP contribution in [0.25, 0.3) is 0 Å². The van der Waals surface area contributed by atoms with Gasteiger partial charge in [-0.25, -0.2) is 0 Å². The molecule has 1 amide bonds. The molecule has 1 unspecified atom stereocenters. The Hall–Kier alpha value is -1.40. The molecule has 1 N–H and O–H groups in total. The van der Waals surface area contributed by atoms with Gasteiger partial charge in [0.25, 0.3) is 5.91 Å². The number of amides is 1. The zero-order valence-corrected chi connectivity index (χ0v) is 12.6. The highest BCUT2D eigenvalue weighted by Gasteiger charge is 2.36. The van der Waals surface area contributed by atoms with Crippen LogP contribution >= 0.6 is 0 Å². The number of ether oxygens (including phenoxy) is 1. The van der Waals surface area contributed by atoms with Crippen molar-refractivity contribution in [2.45, 2.75) is 45.9 Å². The minimum Gasteiger partial charge on any atom is -0.394 e. The van der Waals surface area contributed by atoms with Gasteiger partial charge in [-0.15, -0.1) is 0 Å². The summed E-state index contributed by atoms with van der Waals surface area (Å²) in [6.45, 7) is 9.19. The molecule has 1 fully saturated rings. The van der Waals surface area contributed by atoms with Crippen molar-refractivity contribution in [2.24, 2.45) is 0 Å². The van der Waals surface area contributed by atoms with E-state index in [2.05, 4.69) is 5.10 Å². The van der Waals surface area contributed by atoms with Crippen molar-refractivity contribution in [3.8, 4) is 0 Å². The van der Waals surface area contributed by atoms with Crippen molar-refractivity contribution < 1.29 is 14.6 Å². The third-order valence-corrected chi connectivity index (χ3v) is 3.39. The lowest BCUT2D eigenvalue weighted by Crippen LogP contribution is -2.55. The maximum atomic E-state index is 12.7. The van der Waals surface area contributed by atoms with Crippen molar-refractivity contribution in [2.75, 3.05) is 19.7 Å². The Labute approximate surface area is 119 Å². The van der Waals surface area contributed by atoms with Crippen LogP contribution in [0.1, 0.15) is 37.0 Å². The first-order valence-corrected chi connectivity index (χ1v) is 6.98. The molecule has 0 saturated carbocycles. The summed E-state index contributed by atoms with van der Waals surface area (Å²) in [5.41, 5.74) is 0.980. The lowest BCUT2D eigenvalue weighted by molar-refractivity contribution is -0.139. The van der Waals surface area contributed by atoms with Crippen molar-refractivity contribution in [1.82, 2.24) is 14.7 Å². The molecule has 1 aliphatic heterocycles. The van der Waals surface area contributed by atoms with E-state index in [-0.39, 0.29) is 18.6 Å². The number of hydrogen-bond acceptors (Lipinski definition) is 4. The van der Waals surface area contributed by atoms with Crippen LogP contribution in [0.4, 0.5) is 0 Å². The van der Waals surface area contributed by atoms with Crippen LogP contribution in [0, 0.1) is 6.92 Å². The minimum absolute atomic E-state index is 0.0534. The Morgan fingerprint density at radius 3 is 2.90 bits per heavy atom. The predicted octanol–water partition coefficient (Wildman–Crippen LogP) is 0.823. The van der Waals surface area contributed by atoms with E-state index in [1.807, 2.05) is 33.8 Å². The number of aliphatic hydroxyl groups is 1. The fourth-order valence-corrected chi connectivity index (χ4v) is 2.67. The average Bonchev–Trinajstić information content (AvgIpc) is 2.77. The van der Waals surface area contributed by atoms with Gasteiger partial charge in [0.1, 0.15) is 5.69 Å². The van der Waals surface area contributed by atoms with Gasteiger partial charge in [-0.2, -0.15) is 5.10 Å². The lowest BCUT2D eigenvalue weighted by Gasteiger charge is -2.42. The number of rotatable bonds is 3. The van der Waals surface area contributed by atoms with Crippen molar-refractivity contribution in [1.29, 1.82) is 0 Å². The van der Waals surface area contributed by atoms with E-state index in [1.54, 1.807) is 9.58 Å². The van der Waals surface area contributed by atoms with Gasteiger partial charge in [-0.1, -0.05) is 0 Å². The molecule has 0 radical (unpaired) electrons. The normalized spacial score (nSPS) is 22.1. The largest absolute Gasteiger partial charge is 0.394 e. The molecule has 6 nitrogen and oxygen atoms in total. The van der Waals surface area contributed by atoms with Gasteiger partial charge in [0.05, 0.1) is 24.0 Å². The monoisotopic (exact) mass is 281 g/mol. The Morgan fingerprint density at radius 2 is 2.30 bits per heavy atom. The first-order valence-electron chi connectivity index (χ1n) is 6.98. The average molecular weight is 281 g/mol. The third-order valence-electron chi connectivity index (χ3n) is 3.39. The zero-order chi connectivity index (χ0) is 14.9. The molecular formula is C14H23N3O3. The number of carbonyl (C=O) groups is 1. The van der Waals surface area contributed by atoms with Crippen LogP contribution in [0.2, 0.25) is 0 Å². The number of nitrogens with zero attached hydrogens (tertiary/aromatic N) is 3. The first-order chi connectivity index (χ1) is 9.36. The molecule has 0 aliphatic carbocycles. The topological polar surface area (TPSA) is 67.6 Å². The van der Waals surface area contributed by atoms with E-state index in [0.29, 0.717) is 25.3 Å². The molecule has 1 aromatic heterocycles. The summed E-state index contributed by atoms with van der Waals surface area (Å²) in [4.78, 5) is 14.4. The molecule has 1 aromatic rings. The smallest absolute Gasteiger partial charge is 0.272 e. The molecule has 0 spiro atoms. The van der Waals surface area contributed by atoms with E-state index in [9.17, 15) is 9.90 Å². The van der Waals surface area contributed by atoms with Crippen LogP contribution in [-0.4, -0.2) is 57.1 Å². The SMILES string of the molecule is CCn1nc(C)cc1C(=O)N1CC(CO)OC(C)(C)C1. The van der Waals surface area contributed by atoms with Crippen LogP contribution in [0.15, 0.2) is 6.07 Å². The Kier molecular flexibility index (Phi) is 4.15. The second kappa shape index (κ2) is 5.54. The molecule has 20 heavy (non-hydrogen) atoms. The van der Waals surface area contributed by atoms with Gasteiger partial charge < -0.3 is 14.7 Å². The summed E-state index contributed by atoms with van der Waals surface area (Å²) in [6.07, 6.45) is -0.332. The standard InChI is InChI=1S/C14H23N3O3/c1-5-17-12(6-10(2)15-17)13(19)16-7-11(8-18)20-14(3,4)9-16/h6,11,18H,5,7-9H2,1-4H3. The van der Waals surface area contributed by atoms with Gasteiger partial charge in [0.15, 0.2) is 0 Å². The van der Waals surface area contributed by atoms with E-state index in [4.69, 9.17) is 4.74 Å². The maximum Gasteiger partial charge on any atom is 0.272 e. The summed E-state index contributed by atoms with van der Waals surface area (Å²) in [5, 5.41) is 13.6. The van der Waals surface area contributed by atoms with Gasteiger partial charge in [0, 0.05) is 19.6 Å². The van der Waals surface area contributed by atoms with Gasteiger partial charge in [-0.05, 0) is 33.8 Å².